The highest BCUT2D eigenvalue weighted by atomic mass is 19.1. The SMILES string of the molecule is COc1cc(N2CCN(c3ncnc4c3cnn4-c3ccccc3F)CC2)ccc1F. The van der Waals surface area contributed by atoms with Gasteiger partial charge < -0.3 is 14.5 Å². The van der Waals surface area contributed by atoms with E-state index in [0.29, 0.717) is 11.3 Å². The highest BCUT2D eigenvalue weighted by Gasteiger charge is 2.23. The van der Waals surface area contributed by atoms with Gasteiger partial charge in [-0.3, -0.25) is 0 Å². The lowest BCUT2D eigenvalue weighted by Crippen LogP contribution is -2.46. The Bertz CT molecular complexity index is 1240. The number of ether oxygens (including phenoxy) is 1. The first-order valence-electron chi connectivity index (χ1n) is 9.93. The third kappa shape index (κ3) is 3.41. The quantitative estimate of drug-likeness (QED) is 0.502. The molecular weight excluding hydrogens is 402 g/mol. The van der Waals surface area contributed by atoms with Crippen molar-refractivity contribution in [1.29, 1.82) is 0 Å². The molecule has 2 aromatic carbocycles. The lowest BCUT2D eigenvalue weighted by molar-refractivity contribution is 0.386. The molecule has 7 nitrogen and oxygen atoms in total. The zero-order valence-corrected chi connectivity index (χ0v) is 16.9. The molecule has 31 heavy (non-hydrogen) atoms. The van der Waals surface area contributed by atoms with Crippen LogP contribution >= 0.6 is 0 Å². The van der Waals surface area contributed by atoms with Gasteiger partial charge in [-0.2, -0.15) is 5.10 Å². The van der Waals surface area contributed by atoms with Gasteiger partial charge in [-0.1, -0.05) is 12.1 Å². The maximum absolute atomic E-state index is 14.3. The van der Waals surface area contributed by atoms with Crippen molar-refractivity contribution in [3.05, 3.63) is 66.6 Å². The van der Waals surface area contributed by atoms with E-state index in [9.17, 15) is 8.78 Å². The fourth-order valence-corrected chi connectivity index (χ4v) is 3.91. The Morgan fingerprint density at radius 2 is 1.68 bits per heavy atom. The van der Waals surface area contributed by atoms with Gasteiger partial charge in [0, 0.05) is 37.9 Å². The number of aromatic nitrogens is 4. The van der Waals surface area contributed by atoms with E-state index < -0.39 is 0 Å². The Labute approximate surface area is 177 Å². The van der Waals surface area contributed by atoms with Crippen LogP contribution in [0, 0.1) is 11.6 Å². The summed E-state index contributed by atoms with van der Waals surface area (Å²) in [5.74, 6) is 0.262. The highest BCUT2D eigenvalue weighted by molar-refractivity contribution is 5.87. The van der Waals surface area contributed by atoms with Crippen molar-refractivity contribution >= 4 is 22.5 Å². The fraction of sp³-hybridized carbons (Fsp3) is 0.227. The van der Waals surface area contributed by atoms with Crippen molar-refractivity contribution in [3.8, 4) is 11.4 Å². The smallest absolute Gasteiger partial charge is 0.168 e. The predicted molar refractivity (Wildman–Crippen MR) is 114 cm³/mol. The van der Waals surface area contributed by atoms with Crippen LogP contribution in [-0.2, 0) is 0 Å². The Balaban J connectivity index is 1.40. The molecule has 3 heterocycles. The van der Waals surface area contributed by atoms with Crippen molar-refractivity contribution in [3.63, 3.8) is 0 Å². The minimum atomic E-state index is -0.375. The largest absolute Gasteiger partial charge is 0.494 e. The molecule has 0 bridgehead atoms. The standard InChI is InChI=1S/C22H20F2N6O/c1-31-20-12-15(6-7-18(20)24)28-8-10-29(11-9-28)21-16-13-27-30(22(16)26-14-25-21)19-5-3-2-4-17(19)23/h2-7,12-14H,8-11H2,1H3. The van der Waals surface area contributed by atoms with Crippen LogP contribution in [0.5, 0.6) is 5.75 Å². The Morgan fingerprint density at radius 3 is 2.45 bits per heavy atom. The van der Waals surface area contributed by atoms with Crippen LogP contribution in [0.1, 0.15) is 0 Å². The number of benzene rings is 2. The first-order chi connectivity index (χ1) is 15.2. The van der Waals surface area contributed by atoms with Gasteiger partial charge in [0.2, 0.25) is 0 Å². The van der Waals surface area contributed by atoms with Crippen molar-refractivity contribution < 1.29 is 13.5 Å². The molecule has 0 unspecified atom stereocenters. The maximum Gasteiger partial charge on any atom is 0.168 e. The maximum atomic E-state index is 14.3. The molecular formula is C22H20F2N6O. The average molecular weight is 422 g/mol. The molecule has 2 aromatic heterocycles. The molecule has 0 saturated carbocycles. The number of nitrogens with zero attached hydrogens (tertiary/aromatic N) is 6. The summed E-state index contributed by atoms with van der Waals surface area (Å²) < 4.78 is 34.6. The van der Waals surface area contributed by atoms with E-state index in [2.05, 4.69) is 24.9 Å². The van der Waals surface area contributed by atoms with E-state index in [4.69, 9.17) is 4.74 Å². The second kappa shape index (κ2) is 7.82. The molecule has 1 fully saturated rings. The van der Waals surface area contributed by atoms with Gasteiger partial charge in [-0.15, -0.1) is 0 Å². The number of fused-ring (bicyclic) bond motifs is 1. The average Bonchev–Trinajstić information content (AvgIpc) is 3.24. The molecule has 0 amide bonds. The predicted octanol–water partition coefficient (Wildman–Crippen LogP) is 3.43. The van der Waals surface area contributed by atoms with Crippen LogP contribution in [-0.4, -0.2) is 53.0 Å². The summed E-state index contributed by atoms with van der Waals surface area (Å²) in [6.45, 7) is 2.91. The van der Waals surface area contributed by atoms with E-state index in [0.717, 1.165) is 43.1 Å². The van der Waals surface area contributed by atoms with Gasteiger partial charge in [0.15, 0.2) is 17.2 Å². The molecule has 0 N–H and O–H groups in total. The van der Waals surface area contributed by atoms with Crippen molar-refractivity contribution in [2.75, 3.05) is 43.1 Å². The van der Waals surface area contributed by atoms with E-state index in [1.165, 1.54) is 30.3 Å². The normalized spacial score (nSPS) is 14.3. The lowest BCUT2D eigenvalue weighted by Gasteiger charge is -2.37. The molecule has 9 heteroatoms. The fourth-order valence-electron chi connectivity index (χ4n) is 3.91. The van der Waals surface area contributed by atoms with E-state index in [-0.39, 0.29) is 17.4 Å². The molecule has 0 aliphatic carbocycles. The number of hydrogen-bond acceptors (Lipinski definition) is 6. The van der Waals surface area contributed by atoms with Gasteiger partial charge in [0.25, 0.3) is 0 Å². The van der Waals surface area contributed by atoms with Crippen LogP contribution in [0.4, 0.5) is 20.3 Å². The van der Waals surface area contributed by atoms with E-state index in [1.807, 2.05) is 0 Å². The minimum Gasteiger partial charge on any atom is -0.494 e. The number of piperazine rings is 1. The molecule has 158 valence electrons. The van der Waals surface area contributed by atoms with Crippen molar-refractivity contribution in [1.82, 2.24) is 19.7 Å². The number of anilines is 2. The van der Waals surface area contributed by atoms with Crippen molar-refractivity contribution in [2.24, 2.45) is 0 Å². The molecule has 4 aromatic rings. The van der Waals surface area contributed by atoms with Crippen LogP contribution in [0.3, 0.4) is 0 Å². The summed E-state index contributed by atoms with van der Waals surface area (Å²) in [7, 11) is 1.46. The topological polar surface area (TPSA) is 59.3 Å². The lowest BCUT2D eigenvalue weighted by atomic mass is 10.2. The second-order valence-corrected chi connectivity index (χ2v) is 7.24. The molecule has 1 aliphatic heterocycles. The van der Waals surface area contributed by atoms with Crippen molar-refractivity contribution in [2.45, 2.75) is 0 Å². The van der Waals surface area contributed by atoms with Gasteiger partial charge >= 0.3 is 0 Å². The summed E-state index contributed by atoms with van der Waals surface area (Å²) >= 11 is 0. The van der Waals surface area contributed by atoms with Gasteiger partial charge in [-0.25, -0.2) is 23.4 Å². The van der Waals surface area contributed by atoms with Gasteiger partial charge in [0.05, 0.1) is 18.7 Å². The second-order valence-electron chi connectivity index (χ2n) is 7.24. The summed E-state index contributed by atoms with van der Waals surface area (Å²) in [6.07, 6.45) is 3.15. The monoisotopic (exact) mass is 422 g/mol. The van der Waals surface area contributed by atoms with E-state index >= 15 is 0 Å². The first kappa shape index (κ1) is 19.2. The van der Waals surface area contributed by atoms with Crippen LogP contribution in [0.2, 0.25) is 0 Å². The molecule has 1 aliphatic rings. The summed E-state index contributed by atoms with van der Waals surface area (Å²) in [5.41, 5.74) is 1.82. The van der Waals surface area contributed by atoms with Gasteiger partial charge in [0.1, 0.15) is 23.6 Å². The first-order valence-corrected chi connectivity index (χ1v) is 9.93. The molecule has 0 atom stereocenters. The van der Waals surface area contributed by atoms with E-state index in [1.54, 1.807) is 36.5 Å². The highest BCUT2D eigenvalue weighted by Crippen LogP contribution is 2.29. The van der Waals surface area contributed by atoms with Crippen LogP contribution in [0.25, 0.3) is 16.7 Å². The number of methoxy groups -OCH3 is 1. The third-order valence-corrected chi connectivity index (χ3v) is 5.50. The molecule has 5 rings (SSSR count). The Kier molecular flexibility index (Phi) is 4.85. The Hall–Kier alpha value is -3.75. The zero-order chi connectivity index (χ0) is 21.4. The van der Waals surface area contributed by atoms with Crippen LogP contribution in [0.15, 0.2) is 55.0 Å². The van der Waals surface area contributed by atoms with Crippen LogP contribution < -0.4 is 14.5 Å². The molecule has 0 spiro atoms. The summed E-state index contributed by atoms with van der Waals surface area (Å²) in [6, 6.07) is 11.4. The third-order valence-electron chi connectivity index (χ3n) is 5.50. The van der Waals surface area contributed by atoms with Gasteiger partial charge in [-0.05, 0) is 24.3 Å². The number of halogens is 2. The zero-order valence-electron chi connectivity index (χ0n) is 16.9. The Morgan fingerprint density at radius 1 is 0.903 bits per heavy atom. The number of para-hydroxylation sites is 1. The minimum absolute atomic E-state index is 0.234. The number of rotatable bonds is 4. The summed E-state index contributed by atoms with van der Waals surface area (Å²) in [4.78, 5) is 13.2. The molecule has 1 saturated heterocycles. The molecule has 0 radical (unpaired) electrons. The number of hydrogen-bond donors (Lipinski definition) is 0. The summed E-state index contributed by atoms with van der Waals surface area (Å²) in [5, 5.41) is 5.13.